The Bertz CT molecular complexity index is 738. The minimum atomic E-state index is -0.0199. The summed E-state index contributed by atoms with van der Waals surface area (Å²) in [6.07, 6.45) is 7.69. The monoisotopic (exact) mass is 326 g/mol. The van der Waals surface area contributed by atoms with Gasteiger partial charge >= 0.3 is 0 Å². The fourth-order valence-corrected chi connectivity index (χ4v) is 3.09. The van der Waals surface area contributed by atoms with Crippen molar-refractivity contribution in [2.45, 2.75) is 39.0 Å². The van der Waals surface area contributed by atoms with Gasteiger partial charge in [-0.3, -0.25) is 14.5 Å². The van der Waals surface area contributed by atoms with Crippen LogP contribution in [0.1, 0.15) is 34.5 Å². The predicted octanol–water partition coefficient (Wildman–Crippen LogP) is 2.04. The van der Waals surface area contributed by atoms with Crippen LogP contribution in [0.15, 0.2) is 30.7 Å². The molecule has 1 aliphatic heterocycles. The lowest BCUT2D eigenvalue weighted by Crippen LogP contribution is -2.37. The third-order valence-corrected chi connectivity index (χ3v) is 4.63. The average molecular weight is 326 g/mol. The van der Waals surface area contributed by atoms with Gasteiger partial charge in [0.2, 0.25) is 0 Å². The zero-order chi connectivity index (χ0) is 16.5. The normalized spacial score (nSPS) is 20.5. The van der Waals surface area contributed by atoms with Gasteiger partial charge < -0.3 is 9.64 Å². The number of carbonyl (C=O) groups excluding carboxylic acids is 1. The van der Waals surface area contributed by atoms with Crippen molar-refractivity contribution >= 4 is 5.91 Å². The first-order valence-corrected chi connectivity index (χ1v) is 8.52. The molecule has 1 fully saturated rings. The van der Waals surface area contributed by atoms with Crippen molar-refractivity contribution in [2.75, 3.05) is 13.2 Å². The second kappa shape index (κ2) is 6.36. The number of nitrogens with zero attached hydrogens (tertiary/aromatic N) is 4. The van der Waals surface area contributed by atoms with E-state index in [4.69, 9.17) is 4.74 Å². The van der Waals surface area contributed by atoms with E-state index < -0.39 is 0 Å². The highest BCUT2D eigenvalue weighted by Gasteiger charge is 2.29. The number of aryl methyl sites for hydroxylation is 1. The number of ether oxygens (including phenoxy) is 1. The number of rotatable bonds is 4. The van der Waals surface area contributed by atoms with Crippen LogP contribution in [0.5, 0.6) is 0 Å². The zero-order valence-electron chi connectivity index (χ0n) is 13.9. The molecule has 0 bridgehead atoms. The van der Waals surface area contributed by atoms with Gasteiger partial charge in [-0.1, -0.05) is 0 Å². The molecule has 4 rings (SSSR count). The van der Waals surface area contributed by atoms with Gasteiger partial charge in [-0.25, -0.2) is 0 Å². The van der Waals surface area contributed by atoms with Crippen LogP contribution in [0.25, 0.3) is 0 Å². The van der Waals surface area contributed by atoms with Crippen LogP contribution in [-0.4, -0.2) is 44.8 Å². The molecule has 1 amide bonds. The summed E-state index contributed by atoms with van der Waals surface area (Å²) in [6.45, 7) is 4.57. The molecule has 1 saturated carbocycles. The summed E-state index contributed by atoms with van der Waals surface area (Å²) in [5.74, 6) is 0.705. The van der Waals surface area contributed by atoms with E-state index in [1.807, 2.05) is 28.6 Å². The maximum atomic E-state index is 12.9. The van der Waals surface area contributed by atoms with E-state index >= 15 is 0 Å². The van der Waals surface area contributed by atoms with Crippen molar-refractivity contribution < 1.29 is 9.53 Å². The second-order valence-corrected chi connectivity index (χ2v) is 6.84. The Balaban J connectivity index is 1.55. The fraction of sp³-hybridized carbons (Fsp3) is 0.500. The summed E-state index contributed by atoms with van der Waals surface area (Å²) < 4.78 is 8.04. The van der Waals surface area contributed by atoms with E-state index in [0.717, 1.165) is 17.9 Å². The van der Waals surface area contributed by atoms with Crippen LogP contribution in [-0.2, 0) is 17.8 Å². The van der Waals surface area contributed by atoms with Gasteiger partial charge in [0, 0.05) is 31.7 Å². The van der Waals surface area contributed by atoms with Crippen LogP contribution in [0, 0.1) is 12.8 Å². The highest BCUT2D eigenvalue weighted by molar-refractivity contribution is 5.94. The molecule has 0 radical (unpaired) electrons. The van der Waals surface area contributed by atoms with Crippen molar-refractivity contribution in [3.8, 4) is 0 Å². The maximum Gasteiger partial charge on any atom is 0.255 e. The van der Waals surface area contributed by atoms with Crippen molar-refractivity contribution in [2.24, 2.45) is 5.92 Å². The molecular formula is C18H22N4O2. The van der Waals surface area contributed by atoms with E-state index in [1.165, 1.54) is 12.8 Å². The molecule has 126 valence electrons. The van der Waals surface area contributed by atoms with Gasteiger partial charge in [0.05, 0.1) is 30.5 Å². The molecule has 0 aromatic carbocycles. The number of pyridine rings is 1. The molecular weight excluding hydrogens is 304 g/mol. The first-order valence-electron chi connectivity index (χ1n) is 8.52. The number of amides is 1. The van der Waals surface area contributed by atoms with E-state index in [0.29, 0.717) is 31.1 Å². The minimum Gasteiger partial charge on any atom is -0.374 e. The Morgan fingerprint density at radius 1 is 1.33 bits per heavy atom. The molecule has 1 atom stereocenters. The lowest BCUT2D eigenvalue weighted by Gasteiger charge is -2.24. The summed E-state index contributed by atoms with van der Waals surface area (Å²) in [5.41, 5.74) is 2.66. The fourth-order valence-electron chi connectivity index (χ4n) is 3.09. The van der Waals surface area contributed by atoms with Gasteiger partial charge in [0.15, 0.2) is 0 Å². The van der Waals surface area contributed by atoms with Crippen LogP contribution < -0.4 is 0 Å². The summed E-state index contributed by atoms with van der Waals surface area (Å²) in [7, 11) is 0. The first-order chi connectivity index (χ1) is 11.7. The lowest BCUT2D eigenvalue weighted by atomic mass is 10.2. The SMILES string of the molecule is Cc1cncc(C(=O)N2Cc3ccnn3C[C@@H](OCC3CC3)C2)c1. The van der Waals surface area contributed by atoms with Crippen molar-refractivity contribution in [3.05, 3.63) is 47.5 Å². The first kappa shape index (κ1) is 15.3. The molecule has 2 aliphatic rings. The van der Waals surface area contributed by atoms with Crippen molar-refractivity contribution in [3.63, 3.8) is 0 Å². The van der Waals surface area contributed by atoms with E-state index in [-0.39, 0.29) is 12.0 Å². The summed E-state index contributed by atoms with van der Waals surface area (Å²) >= 11 is 0. The average Bonchev–Trinajstić information content (AvgIpc) is 3.34. The van der Waals surface area contributed by atoms with Gasteiger partial charge in [-0.15, -0.1) is 0 Å². The Labute approximate surface area is 141 Å². The molecule has 3 heterocycles. The van der Waals surface area contributed by atoms with Crippen LogP contribution in [0.2, 0.25) is 0 Å². The molecule has 6 heteroatoms. The predicted molar refractivity (Wildman–Crippen MR) is 88.4 cm³/mol. The summed E-state index contributed by atoms with van der Waals surface area (Å²) in [4.78, 5) is 18.9. The molecule has 6 nitrogen and oxygen atoms in total. The Morgan fingerprint density at radius 3 is 3.00 bits per heavy atom. The van der Waals surface area contributed by atoms with E-state index in [1.54, 1.807) is 18.6 Å². The van der Waals surface area contributed by atoms with Crippen LogP contribution in [0.4, 0.5) is 0 Å². The van der Waals surface area contributed by atoms with Crippen molar-refractivity contribution in [1.29, 1.82) is 0 Å². The Hall–Kier alpha value is -2.21. The molecule has 24 heavy (non-hydrogen) atoms. The molecule has 2 aromatic heterocycles. The standard InChI is InChI=1S/C18H22N4O2/c1-13-6-15(8-19-7-13)18(23)21-9-16-4-5-20-22(16)11-17(10-21)24-12-14-2-3-14/h4-8,14,17H,2-3,9-12H2,1H3/t17-/m0/s1. The Kier molecular flexibility index (Phi) is 4.06. The number of carbonyl (C=O) groups is 1. The molecule has 0 N–H and O–H groups in total. The lowest BCUT2D eigenvalue weighted by molar-refractivity contribution is 0.0136. The topological polar surface area (TPSA) is 60.2 Å². The largest absolute Gasteiger partial charge is 0.374 e. The number of fused-ring (bicyclic) bond motifs is 1. The number of aromatic nitrogens is 3. The minimum absolute atomic E-state index is 0.000807. The van der Waals surface area contributed by atoms with E-state index in [9.17, 15) is 4.79 Å². The van der Waals surface area contributed by atoms with Gasteiger partial charge in [-0.05, 0) is 43.4 Å². The molecule has 0 saturated heterocycles. The van der Waals surface area contributed by atoms with Gasteiger partial charge in [-0.2, -0.15) is 5.10 Å². The zero-order valence-corrected chi connectivity index (χ0v) is 13.9. The van der Waals surface area contributed by atoms with E-state index in [2.05, 4.69) is 10.1 Å². The second-order valence-electron chi connectivity index (χ2n) is 6.84. The quantitative estimate of drug-likeness (QED) is 0.863. The molecule has 0 spiro atoms. The highest BCUT2D eigenvalue weighted by atomic mass is 16.5. The summed E-state index contributed by atoms with van der Waals surface area (Å²) in [6, 6.07) is 3.86. The van der Waals surface area contributed by atoms with Crippen LogP contribution >= 0.6 is 0 Å². The molecule has 0 unspecified atom stereocenters. The third kappa shape index (κ3) is 3.33. The van der Waals surface area contributed by atoms with Crippen LogP contribution in [0.3, 0.4) is 0 Å². The van der Waals surface area contributed by atoms with Gasteiger partial charge in [0.1, 0.15) is 0 Å². The van der Waals surface area contributed by atoms with Gasteiger partial charge in [0.25, 0.3) is 5.91 Å². The Morgan fingerprint density at radius 2 is 2.21 bits per heavy atom. The molecule has 2 aromatic rings. The number of hydrogen-bond donors (Lipinski definition) is 0. The third-order valence-electron chi connectivity index (χ3n) is 4.63. The smallest absolute Gasteiger partial charge is 0.255 e. The molecule has 1 aliphatic carbocycles. The van der Waals surface area contributed by atoms with Crippen molar-refractivity contribution in [1.82, 2.24) is 19.7 Å². The summed E-state index contributed by atoms with van der Waals surface area (Å²) in [5, 5.41) is 4.38. The number of hydrogen-bond acceptors (Lipinski definition) is 4. The highest BCUT2D eigenvalue weighted by Crippen LogP contribution is 2.29. The maximum absolute atomic E-state index is 12.9.